The minimum Gasteiger partial charge on any atom is -0.756 e. The maximum absolute atomic E-state index is 13.5. The fourth-order valence-corrected chi connectivity index (χ4v) is 9.92. The second-order valence-electron chi connectivity index (χ2n) is 22.6. The van der Waals surface area contributed by atoms with Gasteiger partial charge in [-0.1, -0.05) is 263 Å². The molecule has 3 atom stereocenters. The molecule has 0 bridgehead atoms. The number of nitrogens with zero attached hydrogens (tertiary/aromatic N) is 1. The molecule has 73 heavy (non-hydrogen) atoms. The van der Waals surface area contributed by atoms with Gasteiger partial charge in [0.15, 0.2) is 0 Å². The van der Waals surface area contributed by atoms with Crippen LogP contribution in [0.2, 0.25) is 0 Å². The van der Waals surface area contributed by atoms with E-state index in [4.69, 9.17) is 13.8 Å². The Labute approximate surface area is 453 Å². The van der Waals surface area contributed by atoms with Gasteiger partial charge in [0.2, 0.25) is 5.91 Å². The van der Waals surface area contributed by atoms with E-state index in [2.05, 4.69) is 50.4 Å². The van der Waals surface area contributed by atoms with Crippen LogP contribution in [0.5, 0.6) is 0 Å². The van der Waals surface area contributed by atoms with Crippen molar-refractivity contribution in [2.45, 2.75) is 315 Å². The summed E-state index contributed by atoms with van der Waals surface area (Å²) in [5.74, 6) is -0.532. The second-order valence-corrected chi connectivity index (χ2v) is 24.0. The number of phosphoric ester groups is 1. The number of hydrogen-bond acceptors (Lipinski definition) is 7. The van der Waals surface area contributed by atoms with Gasteiger partial charge < -0.3 is 28.5 Å². The van der Waals surface area contributed by atoms with Crippen LogP contribution >= 0.6 is 7.82 Å². The van der Waals surface area contributed by atoms with E-state index in [1.165, 1.54) is 205 Å². The zero-order valence-electron chi connectivity index (χ0n) is 49.1. The van der Waals surface area contributed by atoms with Crippen LogP contribution in [0.4, 0.5) is 0 Å². The summed E-state index contributed by atoms with van der Waals surface area (Å²) in [6.45, 7) is 6.85. The molecule has 0 aromatic rings. The second kappa shape index (κ2) is 53.6. The number of phosphoric acid groups is 1. The van der Waals surface area contributed by atoms with Crippen molar-refractivity contribution >= 4 is 19.7 Å². The van der Waals surface area contributed by atoms with Crippen molar-refractivity contribution in [1.82, 2.24) is 5.32 Å². The Morgan fingerprint density at radius 3 is 1.26 bits per heavy atom. The number of rotatable bonds is 57. The van der Waals surface area contributed by atoms with Gasteiger partial charge in [-0.3, -0.25) is 14.2 Å². The number of ether oxygens (including phenoxy) is 1. The average Bonchev–Trinajstić information content (AvgIpc) is 3.35. The van der Waals surface area contributed by atoms with Crippen LogP contribution in [0.15, 0.2) is 36.5 Å². The molecular weight excluding hydrogens is 928 g/mol. The lowest BCUT2D eigenvalue weighted by atomic mass is 10.0. The fraction of sp³-hybridized carbons (Fsp3) is 0.873. The van der Waals surface area contributed by atoms with E-state index in [9.17, 15) is 19.0 Å². The third kappa shape index (κ3) is 54.8. The zero-order valence-corrected chi connectivity index (χ0v) is 50.0. The Morgan fingerprint density at radius 2 is 0.836 bits per heavy atom. The smallest absolute Gasteiger partial charge is 0.306 e. The number of unbranched alkanes of at least 4 members (excludes halogenated alkanes) is 37. The van der Waals surface area contributed by atoms with Gasteiger partial charge >= 0.3 is 5.97 Å². The first kappa shape index (κ1) is 71.2. The Hall–Kier alpha value is -1.77. The molecule has 0 aromatic heterocycles. The number of amides is 1. The SMILES string of the molecule is CCCCC/C=C\C/C=C\CCCCCCCCCCCC(=O)OC(/C=C/CCCCCCCCCCCC)C(COP(=O)([O-])OCC[N+](C)(C)C)NC(=O)CCCCCCCCCCCCCCCCCC. The fourth-order valence-electron chi connectivity index (χ4n) is 9.20. The van der Waals surface area contributed by atoms with E-state index in [1.54, 1.807) is 0 Å². The van der Waals surface area contributed by atoms with Crippen LogP contribution in [-0.2, 0) is 27.9 Å². The monoisotopic (exact) mass is 1050 g/mol. The maximum atomic E-state index is 13.5. The van der Waals surface area contributed by atoms with Crippen LogP contribution in [-0.4, -0.2) is 69.4 Å². The molecule has 0 spiro atoms. The minimum absolute atomic E-state index is 0.0205. The van der Waals surface area contributed by atoms with Gasteiger partial charge in [-0.2, -0.15) is 0 Å². The van der Waals surface area contributed by atoms with Crippen molar-refractivity contribution in [2.75, 3.05) is 40.9 Å². The van der Waals surface area contributed by atoms with Gasteiger partial charge in [0.25, 0.3) is 7.82 Å². The van der Waals surface area contributed by atoms with Crippen molar-refractivity contribution in [3.8, 4) is 0 Å². The van der Waals surface area contributed by atoms with Crippen molar-refractivity contribution in [3.63, 3.8) is 0 Å². The number of carbonyl (C=O) groups excluding carboxylic acids is 2. The minimum atomic E-state index is -4.69. The highest BCUT2D eigenvalue weighted by Crippen LogP contribution is 2.38. The number of nitrogens with one attached hydrogen (secondary N) is 1. The highest BCUT2D eigenvalue weighted by molar-refractivity contribution is 7.45. The van der Waals surface area contributed by atoms with E-state index in [0.717, 1.165) is 64.2 Å². The van der Waals surface area contributed by atoms with Crippen molar-refractivity contribution < 1.29 is 37.3 Å². The Morgan fingerprint density at radius 1 is 0.479 bits per heavy atom. The summed E-state index contributed by atoms with van der Waals surface area (Å²) >= 11 is 0. The summed E-state index contributed by atoms with van der Waals surface area (Å²) in [5, 5.41) is 3.03. The molecule has 10 heteroatoms. The standard InChI is InChI=1S/C63H121N2O7P/c1-7-10-13-16-19-22-25-28-30-32-33-34-36-38-41-44-47-50-53-56-63(67)72-61(54-51-48-45-42-39-27-24-21-18-15-12-9-3)60(59-71-73(68,69)70-58-57-65(4,5)6)64-62(66)55-52-49-46-43-40-37-35-31-29-26-23-20-17-14-11-8-2/h19,22,28,30,51,54,60-61H,7-18,20-21,23-27,29,31-50,52-53,55-59H2,1-6H3,(H-,64,66,68,69)/b22-19-,30-28-,54-51+. The van der Waals surface area contributed by atoms with Crippen LogP contribution < -0.4 is 10.2 Å². The average molecular weight is 1050 g/mol. The molecule has 0 aromatic carbocycles. The number of esters is 1. The summed E-state index contributed by atoms with van der Waals surface area (Å²) < 4.78 is 30.3. The van der Waals surface area contributed by atoms with Gasteiger partial charge in [-0.25, -0.2) is 0 Å². The van der Waals surface area contributed by atoms with Crippen molar-refractivity contribution in [1.29, 1.82) is 0 Å². The maximum Gasteiger partial charge on any atom is 0.306 e. The lowest BCUT2D eigenvalue weighted by Gasteiger charge is -2.30. The summed E-state index contributed by atoms with van der Waals surface area (Å²) in [4.78, 5) is 40.0. The number of allylic oxidation sites excluding steroid dienone is 5. The Kier molecular flexibility index (Phi) is 52.3. The van der Waals surface area contributed by atoms with Gasteiger partial charge in [-0.15, -0.1) is 0 Å². The Balaban J connectivity index is 5.23. The van der Waals surface area contributed by atoms with Crippen LogP contribution in [0, 0.1) is 0 Å². The quantitative estimate of drug-likeness (QED) is 0.0212. The molecule has 0 radical (unpaired) electrons. The summed E-state index contributed by atoms with van der Waals surface area (Å²) in [7, 11) is 1.19. The van der Waals surface area contributed by atoms with Crippen LogP contribution in [0.25, 0.3) is 0 Å². The first-order chi connectivity index (χ1) is 35.4. The highest BCUT2D eigenvalue weighted by Gasteiger charge is 2.27. The zero-order chi connectivity index (χ0) is 53.6. The molecule has 0 saturated heterocycles. The van der Waals surface area contributed by atoms with E-state index in [1.807, 2.05) is 33.3 Å². The third-order valence-corrected chi connectivity index (χ3v) is 15.0. The number of quaternary nitrogens is 1. The predicted octanol–water partition coefficient (Wildman–Crippen LogP) is 18.5. The third-order valence-electron chi connectivity index (χ3n) is 14.1. The van der Waals surface area contributed by atoms with E-state index in [0.29, 0.717) is 17.4 Å². The van der Waals surface area contributed by atoms with Crippen molar-refractivity contribution in [2.24, 2.45) is 0 Å². The number of hydrogen-bond donors (Lipinski definition) is 1. The largest absolute Gasteiger partial charge is 0.756 e. The van der Waals surface area contributed by atoms with Crippen LogP contribution in [0.3, 0.4) is 0 Å². The van der Waals surface area contributed by atoms with Gasteiger partial charge in [-0.05, 0) is 63.9 Å². The molecule has 430 valence electrons. The Bertz CT molecular complexity index is 1350. The summed E-state index contributed by atoms with van der Waals surface area (Å²) in [5.41, 5.74) is 0. The number of likely N-dealkylation sites (N-methyl/N-ethyl adjacent to an activating group) is 1. The summed E-state index contributed by atoms with van der Waals surface area (Å²) in [6.07, 6.45) is 63.9. The molecule has 0 heterocycles. The molecule has 0 aliphatic rings. The molecule has 3 unspecified atom stereocenters. The lowest BCUT2D eigenvalue weighted by molar-refractivity contribution is -0.870. The molecule has 1 amide bonds. The molecule has 0 aliphatic carbocycles. The molecule has 9 nitrogen and oxygen atoms in total. The highest BCUT2D eigenvalue weighted by atomic mass is 31.2. The lowest BCUT2D eigenvalue weighted by Crippen LogP contribution is -2.47. The predicted molar refractivity (Wildman–Crippen MR) is 312 cm³/mol. The van der Waals surface area contributed by atoms with Crippen molar-refractivity contribution in [3.05, 3.63) is 36.5 Å². The normalized spacial score (nSPS) is 13.9. The summed E-state index contributed by atoms with van der Waals surface area (Å²) in [6, 6.07) is -0.885. The molecule has 0 saturated carbocycles. The first-order valence-electron chi connectivity index (χ1n) is 31.3. The molecule has 0 fully saturated rings. The van der Waals surface area contributed by atoms with Gasteiger partial charge in [0.1, 0.15) is 19.3 Å². The van der Waals surface area contributed by atoms with Crippen LogP contribution in [0.1, 0.15) is 303 Å². The molecule has 0 rings (SSSR count). The number of carbonyl (C=O) groups is 2. The molecular formula is C63H121N2O7P. The van der Waals surface area contributed by atoms with E-state index < -0.39 is 20.0 Å². The van der Waals surface area contributed by atoms with E-state index in [-0.39, 0.29) is 31.5 Å². The van der Waals surface area contributed by atoms with Gasteiger partial charge in [0, 0.05) is 12.8 Å². The van der Waals surface area contributed by atoms with E-state index >= 15 is 0 Å². The molecule has 0 aliphatic heterocycles. The van der Waals surface area contributed by atoms with Gasteiger partial charge in [0.05, 0.1) is 33.8 Å². The molecule has 1 N–H and O–H groups in total. The topological polar surface area (TPSA) is 114 Å². The first-order valence-corrected chi connectivity index (χ1v) is 32.8.